The third-order valence-electron chi connectivity index (χ3n) is 4.11. The Bertz CT molecular complexity index is 982. The van der Waals surface area contributed by atoms with Gasteiger partial charge in [-0.3, -0.25) is 25.0 Å². The number of halogens is 1. The Balaban J connectivity index is 2.07. The summed E-state index contributed by atoms with van der Waals surface area (Å²) in [6, 6.07) is 6.60. The molecule has 0 spiro atoms. The van der Waals surface area contributed by atoms with Crippen LogP contribution in [0.15, 0.2) is 30.3 Å². The first kappa shape index (κ1) is 22.7. The van der Waals surface area contributed by atoms with E-state index in [4.69, 9.17) is 16.3 Å². The summed E-state index contributed by atoms with van der Waals surface area (Å²) in [4.78, 5) is 35.1. The second-order valence-corrected chi connectivity index (χ2v) is 6.70. The minimum Gasteiger partial charge on any atom is -0.496 e. The van der Waals surface area contributed by atoms with Gasteiger partial charge in [0.15, 0.2) is 0 Å². The van der Waals surface area contributed by atoms with E-state index in [1.807, 2.05) is 0 Å². The molecule has 12 heteroatoms. The highest BCUT2D eigenvalue weighted by Crippen LogP contribution is 2.34. The van der Waals surface area contributed by atoms with Crippen molar-refractivity contribution in [1.29, 1.82) is 0 Å². The number of nitro benzene ring substituents is 2. The largest absolute Gasteiger partial charge is 0.496 e. The molecule has 0 atom stereocenters. The summed E-state index contributed by atoms with van der Waals surface area (Å²) >= 11 is 6.00. The normalized spacial score (nSPS) is 10.3. The molecule has 0 unspecified atom stereocenters. The summed E-state index contributed by atoms with van der Waals surface area (Å²) in [5.74, 6) is -0.343. The van der Waals surface area contributed by atoms with Crippen LogP contribution in [0, 0.1) is 20.2 Å². The van der Waals surface area contributed by atoms with Gasteiger partial charge in [-0.05, 0) is 6.07 Å². The molecule has 0 fully saturated rings. The summed E-state index contributed by atoms with van der Waals surface area (Å²) in [5.41, 5.74) is 0.460. The van der Waals surface area contributed by atoms with Crippen LogP contribution in [0.5, 0.6) is 5.75 Å². The highest BCUT2D eigenvalue weighted by molar-refractivity contribution is 6.33. The molecule has 11 nitrogen and oxygen atoms in total. The van der Waals surface area contributed by atoms with Crippen LogP contribution in [0.3, 0.4) is 0 Å². The van der Waals surface area contributed by atoms with Gasteiger partial charge in [-0.1, -0.05) is 11.6 Å². The van der Waals surface area contributed by atoms with Crippen molar-refractivity contribution in [2.75, 3.05) is 44.5 Å². The SMILES string of the molecule is COc1cc(N(C)C)c([N+](=O)[O-])cc1C(=O)NCCNc1ccc([N+](=O)[O-])cc1Cl. The summed E-state index contributed by atoms with van der Waals surface area (Å²) in [7, 11) is 4.67. The number of nitro groups is 2. The number of nitrogens with zero attached hydrogens (tertiary/aromatic N) is 3. The van der Waals surface area contributed by atoms with Crippen LogP contribution in [0.1, 0.15) is 10.4 Å². The lowest BCUT2D eigenvalue weighted by atomic mass is 10.1. The zero-order valence-electron chi connectivity index (χ0n) is 16.5. The number of anilines is 2. The molecule has 2 aromatic carbocycles. The lowest BCUT2D eigenvalue weighted by Crippen LogP contribution is -2.29. The third kappa shape index (κ3) is 5.26. The number of carbonyl (C=O) groups is 1. The molecule has 2 aromatic rings. The predicted molar refractivity (Wildman–Crippen MR) is 113 cm³/mol. The van der Waals surface area contributed by atoms with Crippen LogP contribution in [0.25, 0.3) is 0 Å². The first-order valence-electron chi connectivity index (χ1n) is 8.65. The van der Waals surface area contributed by atoms with Gasteiger partial charge in [-0.25, -0.2) is 0 Å². The van der Waals surface area contributed by atoms with E-state index in [2.05, 4.69) is 10.6 Å². The fraction of sp³-hybridized carbons (Fsp3) is 0.278. The Labute approximate surface area is 176 Å². The Kier molecular flexibility index (Phi) is 7.37. The van der Waals surface area contributed by atoms with Crippen molar-refractivity contribution >= 4 is 40.3 Å². The smallest absolute Gasteiger partial charge is 0.293 e. The lowest BCUT2D eigenvalue weighted by Gasteiger charge is -2.16. The zero-order valence-corrected chi connectivity index (χ0v) is 17.2. The first-order valence-corrected chi connectivity index (χ1v) is 9.03. The average Bonchev–Trinajstić information content (AvgIpc) is 2.70. The number of methoxy groups -OCH3 is 1. The lowest BCUT2D eigenvalue weighted by molar-refractivity contribution is -0.384. The van der Waals surface area contributed by atoms with Crippen molar-refractivity contribution in [2.45, 2.75) is 0 Å². The van der Waals surface area contributed by atoms with Gasteiger partial charge in [0.05, 0.1) is 33.2 Å². The van der Waals surface area contributed by atoms with Gasteiger partial charge in [-0.15, -0.1) is 0 Å². The number of hydrogen-bond donors (Lipinski definition) is 2. The molecule has 0 heterocycles. The molecule has 0 aliphatic carbocycles. The number of hydrogen-bond acceptors (Lipinski definition) is 8. The van der Waals surface area contributed by atoms with Crippen molar-refractivity contribution in [2.24, 2.45) is 0 Å². The molecule has 0 aliphatic heterocycles. The number of rotatable bonds is 9. The molecular weight excluding hydrogens is 418 g/mol. The van der Waals surface area contributed by atoms with E-state index in [0.717, 1.165) is 0 Å². The van der Waals surface area contributed by atoms with Gasteiger partial charge in [0.1, 0.15) is 11.4 Å². The van der Waals surface area contributed by atoms with Gasteiger partial charge >= 0.3 is 0 Å². The van der Waals surface area contributed by atoms with Crippen LogP contribution < -0.4 is 20.3 Å². The second-order valence-electron chi connectivity index (χ2n) is 6.30. The Morgan fingerprint density at radius 1 is 1.13 bits per heavy atom. The van der Waals surface area contributed by atoms with Crippen molar-refractivity contribution in [3.8, 4) is 5.75 Å². The van der Waals surface area contributed by atoms with Crippen LogP contribution in [-0.4, -0.2) is 50.0 Å². The molecule has 0 aliphatic rings. The Hall–Kier alpha value is -3.60. The molecular formula is C18H20ClN5O6. The van der Waals surface area contributed by atoms with Crippen LogP contribution in [0.4, 0.5) is 22.7 Å². The first-order chi connectivity index (χ1) is 14.1. The fourth-order valence-electron chi connectivity index (χ4n) is 2.64. The maximum atomic E-state index is 12.5. The molecule has 0 saturated heterocycles. The number of carbonyl (C=O) groups excluding carboxylic acids is 1. The monoisotopic (exact) mass is 437 g/mol. The second kappa shape index (κ2) is 9.74. The van der Waals surface area contributed by atoms with E-state index in [1.165, 1.54) is 37.4 Å². The molecule has 1 amide bonds. The summed E-state index contributed by atoms with van der Waals surface area (Å²) in [5, 5.41) is 27.9. The van der Waals surface area contributed by atoms with E-state index in [-0.39, 0.29) is 40.8 Å². The predicted octanol–water partition coefficient (Wildman–Crippen LogP) is 3.07. The van der Waals surface area contributed by atoms with Crippen LogP contribution >= 0.6 is 11.6 Å². The van der Waals surface area contributed by atoms with Gasteiger partial charge < -0.3 is 20.3 Å². The Morgan fingerprint density at radius 2 is 1.83 bits per heavy atom. The van der Waals surface area contributed by atoms with E-state index >= 15 is 0 Å². The van der Waals surface area contributed by atoms with Crippen molar-refractivity contribution < 1.29 is 19.4 Å². The highest BCUT2D eigenvalue weighted by atomic mass is 35.5. The highest BCUT2D eigenvalue weighted by Gasteiger charge is 2.23. The summed E-state index contributed by atoms with van der Waals surface area (Å²) < 4.78 is 5.22. The van der Waals surface area contributed by atoms with Crippen LogP contribution in [0.2, 0.25) is 5.02 Å². The molecule has 30 heavy (non-hydrogen) atoms. The van der Waals surface area contributed by atoms with Crippen molar-refractivity contribution in [3.05, 3.63) is 61.1 Å². The summed E-state index contributed by atoms with van der Waals surface area (Å²) in [6.45, 7) is 0.433. The number of benzene rings is 2. The van der Waals surface area contributed by atoms with E-state index in [0.29, 0.717) is 11.4 Å². The molecule has 0 bridgehead atoms. The maximum Gasteiger partial charge on any atom is 0.293 e. The number of ether oxygens (including phenoxy) is 1. The van der Waals surface area contributed by atoms with Gasteiger partial charge in [0.25, 0.3) is 17.3 Å². The molecule has 0 aromatic heterocycles. The number of amides is 1. The quantitative estimate of drug-likeness (QED) is 0.346. The minimum atomic E-state index is -0.566. The Morgan fingerprint density at radius 3 is 2.37 bits per heavy atom. The summed E-state index contributed by atoms with van der Waals surface area (Å²) in [6.07, 6.45) is 0. The third-order valence-corrected chi connectivity index (χ3v) is 4.42. The van der Waals surface area contributed by atoms with Crippen molar-refractivity contribution in [3.63, 3.8) is 0 Å². The molecule has 0 saturated carbocycles. The minimum absolute atomic E-state index is 0.0307. The van der Waals surface area contributed by atoms with Crippen LogP contribution in [-0.2, 0) is 0 Å². The number of nitrogens with one attached hydrogen (secondary N) is 2. The van der Waals surface area contributed by atoms with Crippen molar-refractivity contribution in [1.82, 2.24) is 5.32 Å². The standard InChI is InChI=1S/C18H20ClN5O6/c1-22(2)15-10-17(30-3)12(9-16(15)24(28)29)18(25)21-7-6-20-14-5-4-11(23(26)27)8-13(14)19/h4-5,8-10,20H,6-7H2,1-3H3,(H,21,25). The van der Waals surface area contributed by atoms with Gasteiger partial charge in [0, 0.05) is 51.5 Å². The van der Waals surface area contributed by atoms with E-state index in [9.17, 15) is 25.0 Å². The maximum absolute atomic E-state index is 12.5. The zero-order chi connectivity index (χ0) is 22.4. The molecule has 0 radical (unpaired) electrons. The van der Waals surface area contributed by atoms with E-state index < -0.39 is 15.8 Å². The molecule has 2 rings (SSSR count). The molecule has 160 valence electrons. The number of non-ortho nitro benzene ring substituents is 1. The van der Waals surface area contributed by atoms with Gasteiger partial charge in [0.2, 0.25) is 0 Å². The fourth-order valence-corrected chi connectivity index (χ4v) is 2.88. The van der Waals surface area contributed by atoms with E-state index in [1.54, 1.807) is 19.0 Å². The van der Waals surface area contributed by atoms with Gasteiger partial charge in [-0.2, -0.15) is 0 Å². The average molecular weight is 438 g/mol. The molecule has 2 N–H and O–H groups in total. The topological polar surface area (TPSA) is 140 Å².